The molecule has 0 fully saturated rings. The number of para-hydroxylation sites is 2. The molecule has 1 N–H and O–H groups in total. The van der Waals surface area contributed by atoms with E-state index in [4.69, 9.17) is 4.42 Å². The summed E-state index contributed by atoms with van der Waals surface area (Å²) < 4.78 is 5.52. The van der Waals surface area contributed by atoms with Gasteiger partial charge in [0.25, 0.3) is 5.22 Å². The van der Waals surface area contributed by atoms with Gasteiger partial charge in [-0.15, -0.1) is 0 Å². The largest absolute Gasteiger partial charge is 0.431 e. The van der Waals surface area contributed by atoms with Gasteiger partial charge in [-0.25, -0.2) is 4.98 Å². The molecule has 0 saturated heterocycles. The molecule has 4 nitrogen and oxygen atoms in total. The number of oxazole rings is 1. The average Bonchev–Trinajstić information content (AvgIpc) is 2.79. The van der Waals surface area contributed by atoms with Crippen LogP contribution >= 0.6 is 11.8 Å². The second kappa shape index (κ2) is 5.91. The fourth-order valence-electron chi connectivity index (χ4n) is 1.46. The second-order valence-electron chi connectivity index (χ2n) is 4.11. The summed E-state index contributed by atoms with van der Waals surface area (Å²) in [6, 6.07) is 7.78. The Morgan fingerprint density at radius 2 is 2.28 bits per heavy atom. The van der Waals surface area contributed by atoms with E-state index in [2.05, 4.69) is 10.3 Å². The number of amides is 1. The van der Waals surface area contributed by atoms with Crippen LogP contribution < -0.4 is 5.32 Å². The number of rotatable bonds is 5. The second-order valence-corrected chi connectivity index (χ2v) is 5.04. The molecule has 0 saturated carbocycles. The highest BCUT2D eigenvalue weighted by Gasteiger charge is 2.10. The van der Waals surface area contributed by atoms with Crippen molar-refractivity contribution in [2.24, 2.45) is 0 Å². The predicted octanol–water partition coefficient (Wildman–Crippen LogP) is 2.83. The molecule has 96 valence electrons. The van der Waals surface area contributed by atoms with Crippen LogP contribution in [0.3, 0.4) is 0 Å². The maximum absolute atomic E-state index is 11.6. The fraction of sp³-hybridized carbons (Fsp3) is 0.385. The van der Waals surface area contributed by atoms with E-state index in [1.165, 1.54) is 11.8 Å². The van der Waals surface area contributed by atoms with Crippen molar-refractivity contribution in [2.75, 3.05) is 5.75 Å². The third-order valence-electron chi connectivity index (χ3n) is 2.62. The number of hydrogen-bond donors (Lipinski definition) is 1. The summed E-state index contributed by atoms with van der Waals surface area (Å²) in [7, 11) is 0. The highest BCUT2D eigenvalue weighted by atomic mass is 32.2. The topological polar surface area (TPSA) is 55.1 Å². The molecule has 0 bridgehead atoms. The standard InChI is InChI=1S/C13H16N2O2S/c1-3-9(2)14-12(16)8-18-13-15-10-6-4-5-7-11(10)17-13/h4-7,9H,3,8H2,1-2H3,(H,14,16)/t9-/m0/s1. The molecule has 18 heavy (non-hydrogen) atoms. The summed E-state index contributed by atoms with van der Waals surface area (Å²) in [6.45, 7) is 4.03. The van der Waals surface area contributed by atoms with Gasteiger partial charge in [0.15, 0.2) is 5.58 Å². The van der Waals surface area contributed by atoms with Gasteiger partial charge in [-0.1, -0.05) is 30.8 Å². The third kappa shape index (κ3) is 3.26. The van der Waals surface area contributed by atoms with Gasteiger partial charge >= 0.3 is 0 Å². The van der Waals surface area contributed by atoms with Gasteiger partial charge in [0, 0.05) is 6.04 Å². The van der Waals surface area contributed by atoms with Crippen LogP contribution in [0, 0.1) is 0 Å². The van der Waals surface area contributed by atoms with Crippen molar-refractivity contribution in [1.29, 1.82) is 0 Å². The van der Waals surface area contributed by atoms with Gasteiger partial charge in [-0.05, 0) is 25.5 Å². The highest BCUT2D eigenvalue weighted by Crippen LogP contribution is 2.22. The van der Waals surface area contributed by atoms with Crippen LogP contribution in [0.5, 0.6) is 0 Å². The first-order valence-electron chi connectivity index (χ1n) is 5.96. The van der Waals surface area contributed by atoms with E-state index in [0.717, 1.165) is 17.5 Å². The Hall–Kier alpha value is -1.49. The normalized spacial score (nSPS) is 12.6. The molecule has 2 aromatic rings. The molecule has 1 amide bonds. The molecule has 0 unspecified atom stereocenters. The van der Waals surface area contributed by atoms with Crippen molar-refractivity contribution in [3.05, 3.63) is 24.3 Å². The van der Waals surface area contributed by atoms with E-state index < -0.39 is 0 Å². The molecular formula is C13H16N2O2S. The van der Waals surface area contributed by atoms with Crippen molar-refractivity contribution in [3.63, 3.8) is 0 Å². The summed E-state index contributed by atoms with van der Waals surface area (Å²) >= 11 is 1.32. The zero-order chi connectivity index (χ0) is 13.0. The monoisotopic (exact) mass is 264 g/mol. The number of nitrogens with zero attached hydrogens (tertiary/aromatic N) is 1. The molecule has 5 heteroatoms. The Labute approximate surface area is 110 Å². The summed E-state index contributed by atoms with van der Waals surface area (Å²) in [4.78, 5) is 15.9. The summed E-state index contributed by atoms with van der Waals surface area (Å²) in [5.41, 5.74) is 1.57. The maximum Gasteiger partial charge on any atom is 0.257 e. The van der Waals surface area contributed by atoms with Crippen molar-refractivity contribution >= 4 is 28.8 Å². The van der Waals surface area contributed by atoms with Crippen LogP contribution in [0.2, 0.25) is 0 Å². The lowest BCUT2D eigenvalue weighted by atomic mass is 10.3. The van der Waals surface area contributed by atoms with E-state index in [9.17, 15) is 4.79 Å². The van der Waals surface area contributed by atoms with Crippen LogP contribution in [0.4, 0.5) is 0 Å². The lowest BCUT2D eigenvalue weighted by Crippen LogP contribution is -2.33. The van der Waals surface area contributed by atoms with E-state index in [0.29, 0.717) is 11.0 Å². The molecule has 2 rings (SSSR count). The van der Waals surface area contributed by atoms with Crippen LogP contribution in [0.15, 0.2) is 33.9 Å². The molecule has 1 aromatic carbocycles. The minimum absolute atomic E-state index is 0.0107. The summed E-state index contributed by atoms with van der Waals surface area (Å²) in [5.74, 6) is 0.341. The smallest absolute Gasteiger partial charge is 0.257 e. The number of benzene rings is 1. The fourth-order valence-corrected chi connectivity index (χ4v) is 2.11. The molecule has 0 aliphatic rings. The molecular weight excluding hydrogens is 248 g/mol. The van der Waals surface area contributed by atoms with Crippen LogP contribution in [-0.4, -0.2) is 22.7 Å². The first-order valence-corrected chi connectivity index (χ1v) is 6.95. The third-order valence-corrected chi connectivity index (χ3v) is 3.45. The average molecular weight is 264 g/mol. The van der Waals surface area contributed by atoms with E-state index in [1.54, 1.807) is 0 Å². The number of carbonyl (C=O) groups is 1. The number of hydrogen-bond acceptors (Lipinski definition) is 4. The quantitative estimate of drug-likeness (QED) is 0.844. The van der Waals surface area contributed by atoms with E-state index in [1.807, 2.05) is 38.1 Å². The van der Waals surface area contributed by atoms with Gasteiger partial charge in [-0.3, -0.25) is 4.79 Å². The van der Waals surface area contributed by atoms with Gasteiger partial charge in [0.1, 0.15) is 5.52 Å². The van der Waals surface area contributed by atoms with Crippen LogP contribution in [0.25, 0.3) is 11.1 Å². The van der Waals surface area contributed by atoms with Crippen molar-refractivity contribution in [2.45, 2.75) is 31.5 Å². The van der Waals surface area contributed by atoms with E-state index in [-0.39, 0.29) is 11.9 Å². The number of thioether (sulfide) groups is 1. The minimum Gasteiger partial charge on any atom is -0.431 e. The van der Waals surface area contributed by atoms with Crippen molar-refractivity contribution in [3.8, 4) is 0 Å². The Balaban J connectivity index is 1.92. The molecule has 0 aliphatic carbocycles. The number of aromatic nitrogens is 1. The summed E-state index contributed by atoms with van der Waals surface area (Å²) in [5, 5.41) is 3.44. The first-order chi connectivity index (χ1) is 8.69. The summed E-state index contributed by atoms with van der Waals surface area (Å²) in [6.07, 6.45) is 0.930. The highest BCUT2D eigenvalue weighted by molar-refractivity contribution is 7.99. The van der Waals surface area contributed by atoms with Crippen molar-refractivity contribution in [1.82, 2.24) is 10.3 Å². The molecule has 1 heterocycles. The predicted molar refractivity (Wildman–Crippen MR) is 72.6 cm³/mol. The Morgan fingerprint density at radius 1 is 1.50 bits per heavy atom. The SMILES string of the molecule is CC[C@H](C)NC(=O)CSc1nc2ccccc2o1. The Bertz CT molecular complexity index is 506. The number of carbonyl (C=O) groups excluding carboxylic acids is 1. The number of nitrogens with one attached hydrogen (secondary N) is 1. The molecule has 0 aliphatic heterocycles. The molecule has 0 spiro atoms. The first kappa shape index (κ1) is 13.0. The van der Waals surface area contributed by atoms with Gasteiger partial charge in [0.05, 0.1) is 5.75 Å². The Kier molecular flexibility index (Phi) is 4.25. The lowest BCUT2D eigenvalue weighted by molar-refractivity contribution is -0.119. The zero-order valence-corrected chi connectivity index (χ0v) is 11.3. The van der Waals surface area contributed by atoms with Crippen molar-refractivity contribution < 1.29 is 9.21 Å². The van der Waals surface area contributed by atoms with Gasteiger partial charge in [-0.2, -0.15) is 0 Å². The van der Waals surface area contributed by atoms with Crippen LogP contribution in [0.1, 0.15) is 20.3 Å². The molecule has 1 atom stereocenters. The maximum atomic E-state index is 11.6. The lowest BCUT2D eigenvalue weighted by Gasteiger charge is -2.09. The Morgan fingerprint density at radius 3 is 3.00 bits per heavy atom. The van der Waals surface area contributed by atoms with Crippen LogP contribution in [-0.2, 0) is 4.79 Å². The van der Waals surface area contributed by atoms with E-state index >= 15 is 0 Å². The number of fused-ring (bicyclic) bond motifs is 1. The minimum atomic E-state index is 0.0107. The zero-order valence-electron chi connectivity index (χ0n) is 10.5. The molecule has 0 radical (unpaired) electrons. The van der Waals surface area contributed by atoms with Gasteiger partial charge < -0.3 is 9.73 Å². The molecule has 1 aromatic heterocycles. The van der Waals surface area contributed by atoms with Gasteiger partial charge in [0.2, 0.25) is 5.91 Å².